The Hall–Kier alpha value is -0.460. The third-order valence-corrected chi connectivity index (χ3v) is 7.51. The molecule has 2 heterocycles. The van der Waals surface area contributed by atoms with Gasteiger partial charge < -0.3 is 5.32 Å². The van der Waals surface area contributed by atoms with Gasteiger partial charge in [0.25, 0.3) is 0 Å². The lowest BCUT2D eigenvalue weighted by atomic mass is 9.98. The van der Waals surface area contributed by atoms with Crippen LogP contribution in [-0.2, 0) is 15.3 Å². The van der Waals surface area contributed by atoms with Gasteiger partial charge in [-0.05, 0) is 32.7 Å². The van der Waals surface area contributed by atoms with E-state index in [0.717, 1.165) is 23.7 Å². The fraction of sp³-hybridized carbons (Fsp3) is 0.800. The van der Waals surface area contributed by atoms with Crippen LogP contribution >= 0.6 is 11.3 Å². The number of aromatic nitrogens is 1. The largest absolute Gasteiger partial charge is 0.309 e. The van der Waals surface area contributed by atoms with Gasteiger partial charge in [0.05, 0.1) is 22.2 Å². The van der Waals surface area contributed by atoms with Gasteiger partial charge in [0.15, 0.2) is 9.84 Å². The third-order valence-electron chi connectivity index (χ3n) is 3.91. The van der Waals surface area contributed by atoms with Crippen molar-refractivity contribution in [1.82, 2.24) is 10.3 Å². The molecule has 21 heavy (non-hydrogen) atoms. The number of thiazole rings is 1. The van der Waals surface area contributed by atoms with Crippen LogP contribution in [0.1, 0.15) is 55.7 Å². The van der Waals surface area contributed by atoms with Crippen LogP contribution in [0.15, 0.2) is 0 Å². The Bertz CT molecular complexity index is 600. The zero-order valence-electron chi connectivity index (χ0n) is 13.6. The van der Waals surface area contributed by atoms with E-state index in [9.17, 15) is 8.42 Å². The molecule has 0 radical (unpaired) electrons. The highest BCUT2D eigenvalue weighted by atomic mass is 32.2. The molecule has 2 atom stereocenters. The summed E-state index contributed by atoms with van der Waals surface area (Å²) < 4.78 is 23.0. The maximum absolute atomic E-state index is 11.5. The number of hydrogen-bond donors (Lipinski definition) is 1. The molecule has 1 aromatic rings. The predicted molar refractivity (Wildman–Crippen MR) is 88.7 cm³/mol. The highest BCUT2D eigenvalue weighted by molar-refractivity contribution is 7.91. The van der Waals surface area contributed by atoms with E-state index in [1.165, 1.54) is 4.88 Å². The molecule has 2 rings (SSSR count). The van der Waals surface area contributed by atoms with Crippen LogP contribution in [0, 0.1) is 12.8 Å². The number of sulfone groups is 1. The normalized spacial score (nSPS) is 23.4. The topological polar surface area (TPSA) is 59.1 Å². The van der Waals surface area contributed by atoms with E-state index in [-0.39, 0.29) is 17.4 Å². The van der Waals surface area contributed by atoms with Gasteiger partial charge in [-0.1, -0.05) is 20.8 Å². The van der Waals surface area contributed by atoms with Crippen molar-refractivity contribution in [2.24, 2.45) is 5.92 Å². The van der Waals surface area contributed by atoms with Crippen molar-refractivity contribution in [3.8, 4) is 0 Å². The maximum atomic E-state index is 11.5. The second kappa shape index (κ2) is 5.97. The Morgan fingerprint density at radius 2 is 2.10 bits per heavy atom. The number of hydrogen-bond acceptors (Lipinski definition) is 5. The van der Waals surface area contributed by atoms with E-state index in [1.54, 1.807) is 11.3 Å². The highest BCUT2D eigenvalue weighted by Crippen LogP contribution is 2.32. The Morgan fingerprint density at radius 1 is 1.43 bits per heavy atom. The van der Waals surface area contributed by atoms with Gasteiger partial charge in [-0.15, -0.1) is 11.3 Å². The van der Waals surface area contributed by atoms with E-state index >= 15 is 0 Å². The molecule has 1 saturated heterocycles. The summed E-state index contributed by atoms with van der Waals surface area (Å²) in [6, 6.07) is 0.224. The lowest BCUT2D eigenvalue weighted by molar-refractivity contribution is 0.478. The van der Waals surface area contributed by atoms with Crippen LogP contribution in [0.3, 0.4) is 0 Å². The Balaban J connectivity index is 1.98. The maximum Gasteiger partial charge on any atom is 0.150 e. The molecule has 1 fully saturated rings. The summed E-state index contributed by atoms with van der Waals surface area (Å²) in [6.45, 7) is 11.5. The molecule has 1 aliphatic heterocycles. The van der Waals surface area contributed by atoms with Crippen molar-refractivity contribution in [2.45, 2.75) is 52.5 Å². The minimum absolute atomic E-state index is 0.0763. The van der Waals surface area contributed by atoms with Crippen molar-refractivity contribution >= 4 is 21.2 Å². The monoisotopic (exact) mass is 330 g/mol. The second-order valence-electron chi connectivity index (χ2n) is 7.12. The van der Waals surface area contributed by atoms with Crippen LogP contribution < -0.4 is 5.32 Å². The van der Waals surface area contributed by atoms with E-state index < -0.39 is 9.84 Å². The zero-order valence-corrected chi connectivity index (χ0v) is 15.2. The molecule has 0 aliphatic carbocycles. The summed E-state index contributed by atoms with van der Waals surface area (Å²) in [5, 5.41) is 4.65. The van der Waals surface area contributed by atoms with Gasteiger partial charge in [0, 0.05) is 16.3 Å². The highest BCUT2D eigenvalue weighted by Gasteiger charge is 2.28. The third kappa shape index (κ3) is 4.27. The Kier molecular flexibility index (Phi) is 4.81. The number of nitrogens with one attached hydrogen (secondary N) is 1. The first kappa shape index (κ1) is 16.9. The summed E-state index contributed by atoms with van der Waals surface area (Å²) in [6.07, 6.45) is 0.789. The Labute approximate surface area is 132 Å². The fourth-order valence-electron chi connectivity index (χ4n) is 2.60. The number of aryl methyl sites for hydroxylation is 1. The summed E-state index contributed by atoms with van der Waals surface area (Å²) in [5.74, 6) is 0.941. The smallest absolute Gasteiger partial charge is 0.150 e. The Morgan fingerprint density at radius 3 is 2.57 bits per heavy atom. The summed E-state index contributed by atoms with van der Waals surface area (Å²) in [7, 11) is -2.78. The fourth-order valence-corrected chi connectivity index (χ4v) is 5.61. The first-order valence-corrected chi connectivity index (χ1v) is 10.1. The van der Waals surface area contributed by atoms with Crippen molar-refractivity contribution in [2.75, 3.05) is 18.1 Å². The van der Waals surface area contributed by atoms with Gasteiger partial charge in [-0.3, -0.25) is 0 Å². The van der Waals surface area contributed by atoms with Crippen molar-refractivity contribution in [3.63, 3.8) is 0 Å². The molecule has 0 saturated carbocycles. The molecular formula is C15H26N2O2S2. The van der Waals surface area contributed by atoms with E-state index in [4.69, 9.17) is 0 Å². The lowest BCUT2D eigenvalue weighted by Gasteiger charge is -2.16. The molecule has 1 aliphatic rings. The van der Waals surface area contributed by atoms with Crippen molar-refractivity contribution < 1.29 is 8.42 Å². The van der Waals surface area contributed by atoms with Crippen LogP contribution in [0.5, 0.6) is 0 Å². The van der Waals surface area contributed by atoms with Gasteiger partial charge in [0.2, 0.25) is 0 Å². The molecule has 0 spiro atoms. The molecule has 6 heteroatoms. The molecule has 1 aromatic heterocycles. The quantitative estimate of drug-likeness (QED) is 0.922. The van der Waals surface area contributed by atoms with Crippen molar-refractivity contribution in [3.05, 3.63) is 15.6 Å². The second-order valence-corrected chi connectivity index (χ2v) is 10.4. The van der Waals surface area contributed by atoms with Gasteiger partial charge in [-0.25, -0.2) is 13.4 Å². The molecule has 0 amide bonds. The molecule has 0 aromatic carbocycles. The van der Waals surface area contributed by atoms with Gasteiger partial charge in [-0.2, -0.15) is 0 Å². The first-order valence-electron chi connectivity index (χ1n) is 7.50. The SMILES string of the molecule is Cc1nc(C(C)(C)C)sc1C(C)NCC1CCS(=O)(=O)C1. The molecule has 1 N–H and O–H groups in total. The molecule has 4 nitrogen and oxygen atoms in total. The predicted octanol–water partition coefficient (Wildman–Crippen LogP) is 2.83. The summed E-state index contributed by atoms with van der Waals surface area (Å²) in [5.41, 5.74) is 1.16. The minimum atomic E-state index is -2.78. The standard InChI is InChI=1S/C15H26N2O2S2/c1-10(16-8-12-6-7-21(18,19)9-12)13-11(2)17-14(20-13)15(3,4)5/h10,12,16H,6-9H2,1-5H3. The number of nitrogens with zero attached hydrogens (tertiary/aromatic N) is 1. The molecule has 0 bridgehead atoms. The zero-order chi connectivity index (χ0) is 15.8. The summed E-state index contributed by atoms with van der Waals surface area (Å²) >= 11 is 1.76. The number of rotatable bonds is 4. The van der Waals surface area contributed by atoms with Crippen LogP contribution in [-0.4, -0.2) is 31.5 Å². The van der Waals surface area contributed by atoms with Gasteiger partial charge >= 0.3 is 0 Å². The molecular weight excluding hydrogens is 304 g/mol. The van der Waals surface area contributed by atoms with E-state index in [0.29, 0.717) is 11.5 Å². The summed E-state index contributed by atoms with van der Waals surface area (Å²) in [4.78, 5) is 5.95. The van der Waals surface area contributed by atoms with Crippen LogP contribution in [0.4, 0.5) is 0 Å². The lowest BCUT2D eigenvalue weighted by Crippen LogP contribution is -2.26. The molecule has 120 valence electrons. The first-order chi connectivity index (χ1) is 9.58. The minimum Gasteiger partial charge on any atom is -0.309 e. The van der Waals surface area contributed by atoms with Crippen molar-refractivity contribution in [1.29, 1.82) is 0 Å². The molecule has 2 unspecified atom stereocenters. The van der Waals surface area contributed by atoms with Gasteiger partial charge in [0.1, 0.15) is 0 Å². The average Bonchev–Trinajstić information content (AvgIpc) is 2.89. The van der Waals surface area contributed by atoms with E-state index in [1.807, 2.05) is 0 Å². The van der Waals surface area contributed by atoms with Crippen LogP contribution in [0.2, 0.25) is 0 Å². The van der Waals surface area contributed by atoms with E-state index in [2.05, 4.69) is 44.9 Å². The van der Waals surface area contributed by atoms with Crippen LogP contribution in [0.25, 0.3) is 0 Å². The average molecular weight is 331 g/mol.